The minimum absolute atomic E-state index is 0.0631. The van der Waals surface area contributed by atoms with Gasteiger partial charge in [0.25, 0.3) is 0 Å². The van der Waals surface area contributed by atoms with Gasteiger partial charge in [0.1, 0.15) is 11.3 Å². The van der Waals surface area contributed by atoms with Crippen LogP contribution in [-0.4, -0.2) is 16.0 Å². The maximum absolute atomic E-state index is 12.4. The number of aryl methyl sites for hydroxylation is 1. The monoisotopic (exact) mass is 274 g/mol. The lowest BCUT2D eigenvalue weighted by Crippen LogP contribution is -2.22. The molecule has 4 nitrogen and oxygen atoms in total. The Hall–Kier alpha value is -1.97. The second-order valence-electron chi connectivity index (χ2n) is 5.98. The predicted molar refractivity (Wildman–Crippen MR) is 75.3 cm³/mol. The number of phenolic OH excluding ortho intramolecular Hbond substituents is 2. The Morgan fingerprint density at radius 2 is 2.00 bits per heavy atom. The highest BCUT2D eigenvalue weighted by atomic mass is 16.3. The molecule has 2 aromatic rings. The van der Waals surface area contributed by atoms with Gasteiger partial charge in [-0.15, -0.1) is 0 Å². The van der Waals surface area contributed by atoms with Crippen LogP contribution in [0.3, 0.4) is 0 Å². The van der Waals surface area contributed by atoms with Gasteiger partial charge >= 0.3 is 0 Å². The van der Waals surface area contributed by atoms with Crippen LogP contribution in [0.1, 0.15) is 41.9 Å². The first-order valence-electron chi connectivity index (χ1n) is 6.90. The molecular formula is C16H18O4. The molecule has 0 amide bonds. The molecule has 1 atom stereocenters. The van der Waals surface area contributed by atoms with Crippen molar-refractivity contribution in [1.82, 2.24) is 0 Å². The van der Waals surface area contributed by atoms with Crippen molar-refractivity contribution >= 4 is 16.8 Å². The quantitative estimate of drug-likeness (QED) is 0.780. The molecular weight excluding hydrogens is 256 g/mol. The highest BCUT2D eigenvalue weighted by Crippen LogP contribution is 2.42. The Bertz CT molecular complexity index is 709. The fourth-order valence-electron chi connectivity index (χ4n) is 2.99. The normalized spacial score (nSPS) is 18.8. The van der Waals surface area contributed by atoms with Gasteiger partial charge in [-0.25, -0.2) is 0 Å². The first-order chi connectivity index (χ1) is 9.40. The average molecular weight is 274 g/mol. The number of fused-ring (bicyclic) bond motifs is 3. The molecule has 20 heavy (non-hydrogen) atoms. The summed E-state index contributed by atoms with van der Waals surface area (Å²) in [4.78, 5) is 12.4. The lowest BCUT2D eigenvalue weighted by Gasteiger charge is -2.23. The average Bonchev–Trinajstić information content (AvgIpc) is 2.75. The van der Waals surface area contributed by atoms with Crippen molar-refractivity contribution in [2.45, 2.75) is 33.6 Å². The van der Waals surface area contributed by atoms with Crippen molar-refractivity contribution < 1.29 is 19.4 Å². The van der Waals surface area contributed by atoms with Crippen LogP contribution in [0.25, 0.3) is 11.0 Å². The van der Waals surface area contributed by atoms with Gasteiger partial charge in [-0.05, 0) is 24.8 Å². The van der Waals surface area contributed by atoms with E-state index in [2.05, 4.69) is 13.8 Å². The van der Waals surface area contributed by atoms with Crippen molar-refractivity contribution in [2.75, 3.05) is 0 Å². The van der Waals surface area contributed by atoms with E-state index >= 15 is 0 Å². The molecule has 1 aliphatic carbocycles. The van der Waals surface area contributed by atoms with Gasteiger partial charge in [0, 0.05) is 23.8 Å². The summed E-state index contributed by atoms with van der Waals surface area (Å²) >= 11 is 0. The zero-order valence-electron chi connectivity index (χ0n) is 11.9. The van der Waals surface area contributed by atoms with Crippen molar-refractivity contribution in [2.24, 2.45) is 11.8 Å². The number of ketones is 1. The molecule has 3 rings (SSSR count). The summed E-state index contributed by atoms with van der Waals surface area (Å²) in [5.74, 6) is 1.06. The van der Waals surface area contributed by atoms with Gasteiger partial charge < -0.3 is 14.6 Å². The molecule has 0 radical (unpaired) electrons. The zero-order valence-corrected chi connectivity index (χ0v) is 11.9. The largest absolute Gasteiger partial charge is 0.504 e. The van der Waals surface area contributed by atoms with Crippen LogP contribution in [0.2, 0.25) is 0 Å². The number of carbonyl (C=O) groups is 1. The first kappa shape index (κ1) is 13.0. The Morgan fingerprint density at radius 1 is 1.30 bits per heavy atom. The molecule has 0 bridgehead atoms. The third-order valence-electron chi connectivity index (χ3n) is 4.35. The summed E-state index contributed by atoms with van der Waals surface area (Å²) in [6, 6.07) is 1.42. The second kappa shape index (κ2) is 4.27. The molecule has 1 heterocycles. The molecule has 0 saturated carbocycles. The van der Waals surface area contributed by atoms with Crippen molar-refractivity contribution in [3.05, 3.63) is 23.0 Å². The molecule has 0 saturated heterocycles. The third kappa shape index (κ3) is 1.71. The van der Waals surface area contributed by atoms with Crippen LogP contribution in [0.4, 0.5) is 0 Å². The lowest BCUT2D eigenvalue weighted by molar-refractivity contribution is 0.0928. The van der Waals surface area contributed by atoms with Crippen LogP contribution < -0.4 is 0 Å². The molecule has 0 spiro atoms. The molecule has 1 unspecified atom stereocenters. The number of furan rings is 1. The number of aromatic hydroxyl groups is 2. The highest BCUT2D eigenvalue weighted by molar-refractivity contribution is 6.10. The number of rotatable bonds is 1. The Labute approximate surface area is 117 Å². The number of hydrogen-bond donors (Lipinski definition) is 2. The minimum Gasteiger partial charge on any atom is -0.504 e. The van der Waals surface area contributed by atoms with E-state index in [4.69, 9.17) is 4.42 Å². The number of hydrogen-bond acceptors (Lipinski definition) is 4. The van der Waals surface area contributed by atoms with Crippen LogP contribution in [0, 0.1) is 18.8 Å². The molecule has 0 fully saturated rings. The third-order valence-corrected chi connectivity index (χ3v) is 4.35. The Kier molecular flexibility index (Phi) is 2.78. The van der Waals surface area contributed by atoms with E-state index in [9.17, 15) is 15.0 Å². The predicted octanol–water partition coefficient (Wildman–Crippen LogP) is 3.55. The smallest absolute Gasteiger partial charge is 0.167 e. The van der Waals surface area contributed by atoms with E-state index < -0.39 is 0 Å². The van der Waals surface area contributed by atoms with E-state index in [-0.39, 0.29) is 23.2 Å². The maximum Gasteiger partial charge on any atom is 0.167 e. The van der Waals surface area contributed by atoms with E-state index in [1.807, 2.05) is 0 Å². The molecule has 0 aliphatic heterocycles. The number of carbonyl (C=O) groups excluding carboxylic acids is 1. The Morgan fingerprint density at radius 3 is 2.65 bits per heavy atom. The zero-order chi connectivity index (χ0) is 14.6. The number of benzene rings is 1. The fraction of sp³-hybridized carbons (Fsp3) is 0.438. The summed E-state index contributed by atoms with van der Waals surface area (Å²) in [5.41, 5.74) is 1.56. The number of phenols is 2. The maximum atomic E-state index is 12.4. The van der Waals surface area contributed by atoms with E-state index in [1.54, 1.807) is 6.92 Å². The van der Waals surface area contributed by atoms with Crippen LogP contribution in [0.15, 0.2) is 10.5 Å². The molecule has 1 aromatic heterocycles. The molecule has 1 aliphatic rings. The van der Waals surface area contributed by atoms with E-state index in [0.29, 0.717) is 40.2 Å². The number of Topliss-reactive ketones (excluding diaryl/α,β-unsaturated/α-hetero) is 1. The summed E-state index contributed by atoms with van der Waals surface area (Å²) in [6.07, 6.45) is 1.24. The van der Waals surface area contributed by atoms with E-state index in [0.717, 1.165) is 6.42 Å². The molecule has 1 aromatic carbocycles. The highest BCUT2D eigenvalue weighted by Gasteiger charge is 2.32. The van der Waals surface area contributed by atoms with Crippen molar-refractivity contribution in [1.29, 1.82) is 0 Å². The summed E-state index contributed by atoms with van der Waals surface area (Å²) in [6.45, 7) is 5.89. The standard InChI is InChI=1S/C16H18O4/c1-7(2)9-4-11(17)14-10-6-12(18)15(19)8(3)16(10)20-13(14)5-9/h6-7,9,18-19H,4-5H2,1-3H3. The SMILES string of the molecule is Cc1c(O)c(O)cc2c3c(oc12)CC(C(C)C)CC3=O. The first-order valence-corrected chi connectivity index (χ1v) is 6.90. The second-order valence-corrected chi connectivity index (χ2v) is 5.98. The van der Waals surface area contributed by atoms with E-state index in [1.165, 1.54) is 6.07 Å². The summed E-state index contributed by atoms with van der Waals surface area (Å²) in [7, 11) is 0. The Balaban J connectivity index is 2.25. The molecule has 4 heteroatoms. The molecule has 106 valence electrons. The van der Waals surface area contributed by atoms with Gasteiger partial charge in [0.15, 0.2) is 17.3 Å². The van der Waals surface area contributed by atoms with Gasteiger partial charge in [-0.1, -0.05) is 13.8 Å². The summed E-state index contributed by atoms with van der Waals surface area (Å²) in [5, 5.41) is 20.1. The van der Waals surface area contributed by atoms with Crippen LogP contribution in [-0.2, 0) is 6.42 Å². The minimum atomic E-state index is -0.211. The molecule has 2 N–H and O–H groups in total. The van der Waals surface area contributed by atoms with Gasteiger partial charge in [0.2, 0.25) is 0 Å². The van der Waals surface area contributed by atoms with Crippen molar-refractivity contribution in [3.63, 3.8) is 0 Å². The van der Waals surface area contributed by atoms with Gasteiger partial charge in [0.05, 0.1) is 5.56 Å². The topological polar surface area (TPSA) is 70.7 Å². The van der Waals surface area contributed by atoms with Crippen molar-refractivity contribution in [3.8, 4) is 11.5 Å². The summed E-state index contributed by atoms with van der Waals surface area (Å²) < 4.78 is 5.82. The lowest BCUT2D eigenvalue weighted by atomic mass is 9.80. The van der Waals surface area contributed by atoms with Crippen LogP contribution >= 0.6 is 0 Å². The van der Waals surface area contributed by atoms with Gasteiger partial charge in [-0.3, -0.25) is 4.79 Å². The fourth-order valence-corrected chi connectivity index (χ4v) is 2.99. The van der Waals surface area contributed by atoms with Crippen LogP contribution in [0.5, 0.6) is 11.5 Å². The van der Waals surface area contributed by atoms with Gasteiger partial charge in [-0.2, -0.15) is 0 Å².